The Kier molecular flexibility index (Phi) is 12.5. The number of methoxy groups -OCH3 is 1. The van der Waals surface area contributed by atoms with E-state index in [1.165, 1.54) is 16.2 Å². The molecule has 0 spiro atoms. The average Bonchev–Trinajstić information content (AvgIpc) is 3.45. The highest BCUT2D eigenvalue weighted by Gasteiger charge is 2.67. The SMILES string of the molecule is C=C[C@@H]1C[C@]1(NC(=O)[C@@H]1C[C@@H](Oc2cc(-c3csc(NC(C)C)n3)nc3cc(OC)ccc23)CN1C(=O)[C@@H](NC(=O)O)C(C)(C)C)P(=O)(Cc1ccccn1)OCC. The van der Waals surface area contributed by atoms with Crippen molar-refractivity contribution in [2.45, 2.75) is 90.1 Å². The first-order chi connectivity index (χ1) is 27.5. The molecule has 3 aromatic heterocycles. The van der Waals surface area contributed by atoms with E-state index in [0.29, 0.717) is 45.9 Å². The van der Waals surface area contributed by atoms with Gasteiger partial charge < -0.3 is 40.0 Å². The fourth-order valence-electron chi connectivity index (χ4n) is 7.42. The number of nitrogens with zero attached hydrogens (tertiary/aromatic N) is 4. The van der Waals surface area contributed by atoms with Crippen molar-refractivity contribution in [3.8, 4) is 22.9 Å². The maximum Gasteiger partial charge on any atom is 0.405 e. The number of nitrogens with one attached hydrogen (secondary N) is 3. The Balaban J connectivity index is 1.37. The molecular formula is C41H52N7O8PS. The minimum atomic E-state index is -3.67. The van der Waals surface area contributed by atoms with E-state index in [1.54, 1.807) is 83.5 Å². The number of aromatic nitrogens is 3. The normalized spacial score (nSPS) is 21.9. The Morgan fingerprint density at radius 3 is 2.55 bits per heavy atom. The first-order valence-corrected chi connectivity index (χ1v) is 22.0. The van der Waals surface area contributed by atoms with Crippen LogP contribution in [0.4, 0.5) is 9.93 Å². The molecule has 0 bridgehead atoms. The molecule has 4 N–H and O–H groups in total. The number of amides is 3. The van der Waals surface area contributed by atoms with Gasteiger partial charge in [0.1, 0.15) is 40.7 Å². The van der Waals surface area contributed by atoms with Crippen molar-refractivity contribution in [3.63, 3.8) is 0 Å². The fraction of sp³-hybridized carbons (Fsp3) is 0.463. The minimum Gasteiger partial charge on any atom is -0.497 e. The van der Waals surface area contributed by atoms with Crippen LogP contribution in [-0.4, -0.2) is 92.6 Å². The summed E-state index contributed by atoms with van der Waals surface area (Å²) in [5.41, 5.74) is 1.46. The van der Waals surface area contributed by atoms with Crippen LogP contribution in [-0.2, 0) is 24.8 Å². The quantitative estimate of drug-likeness (QED) is 0.0659. The Morgan fingerprint density at radius 2 is 1.93 bits per heavy atom. The van der Waals surface area contributed by atoms with Crippen LogP contribution in [0.15, 0.2) is 66.7 Å². The minimum absolute atomic E-state index is 0.0176. The zero-order valence-corrected chi connectivity index (χ0v) is 35.6. The van der Waals surface area contributed by atoms with Crippen molar-refractivity contribution in [2.75, 3.05) is 25.6 Å². The van der Waals surface area contributed by atoms with E-state index in [0.717, 1.165) is 5.13 Å². The molecule has 1 aromatic carbocycles. The zero-order valence-electron chi connectivity index (χ0n) is 33.9. The van der Waals surface area contributed by atoms with E-state index in [9.17, 15) is 24.1 Å². The number of rotatable bonds is 16. The van der Waals surface area contributed by atoms with Crippen molar-refractivity contribution in [1.82, 2.24) is 30.5 Å². The van der Waals surface area contributed by atoms with Crippen molar-refractivity contribution >= 4 is 52.6 Å². The molecule has 17 heteroatoms. The molecule has 1 aliphatic heterocycles. The van der Waals surface area contributed by atoms with Crippen LogP contribution < -0.4 is 25.4 Å². The lowest BCUT2D eigenvalue weighted by molar-refractivity contribution is -0.142. The van der Waals surface area contributed by atoms with Crippen molar-refractivity contribution in [3.05, 3.63) is 72.4 Å². The number of benzene rings is 1. The molecule has 310 valence electrons. The molecule has 4 aromatic rings. The van der Waals surface area contributed by atoms with Crippen LogP contribution in [0.5, 0.6) is 11.5 Å². The van der Waals surface area contributed by atoms with Gasteiger partial charge in [-0.3, -0.25) is 19.1 Å². The molecule has 1 saturated carbocycles. The predicted molar refractivity (Wildman–Crippen MR) is 223 cm³/mol. The number of thiazole rings is 1. The van der Waals surface area contributed by atoms with Gasteiger partial charge in [-0.1, -0.05) is 32.9 Å². The molecule has 2 fully saturated rings. The third-order valence-corrected chi connectivity index (χ3v) is 14.4. The molecule has 0 radical (unpaired) electrons. The van der Waals surface area contributed by atoms with Gasteiger partial charge in [0.05, 0.1) is 43.3 Å². The summed E-state index contributed by atoms with van der Waals surface area (Å²) >= 11 is 1.45. The summed E-state index contributed by atoms with van der Waals surface area (Å²) in [4.78, 5) is 56.6. The summed E-state index contributed by atoms with van der Waals surface area (Å²) in [5, 5.41) is 20.6. The fourth-order valence-corrected chi connectivity index (χ4v) is 11.3. The molecule has 58 heavy (non-hydrogen) atoms. The van der Waals surface area contributed by atoms with E-state index in [2.05, 4.69) is 27.5 Å². The third kappa shape index (κ3) is 8.98. The average molecular weight is 834 g/mol. The number of anilines is 1. The summed E-state index contributed by atoms with van der Waals surface area (Å²) in [6.07, 6.45) is 1.51. The van der Waals surface area contributed by atoms with Crippen LogP contribution in [0.25, 0.3) is 22.3 Å². The predicted octanol–water partition coefficient (Wildman–Crippen LogP) is 7.15. The highest BCUT2D eigenvalue weighted by Crippen LogP contribution is 2.73. The van der Waals surface area contributed by atoms with E-state index < -0.39 is 54.2 Å². The zero-order chi connectivity index (χ0) is 42.0. The molecule has 15 nitrogen and oxygen atoms in total. The van der Waals surface area contributed by atoms with Gasteiger partial charge in [0.2, 0.25) is 19.2 Å². The van der Waals surface area contributed by atoms with E-state index >= 15 is 0 Å². The van der Waals surface area contributed by atoms with Gasteiger partial charge in [-0.05, 0) is 56.9 Å². The Labute approximate surface area is 342 Å². The second-order valence-electron chi connectivity index (χ2n) is 16.0. The lowest BCUT2D eigenvalue weighted by Crippen LogP contribution is -2.58. The number of pyridine rings is 2. The Bertz CT molecular complexity index is 2210. The van der Waals surface area contributed by atoms with Gasteiger partial charge in [-0.15, -0.1) is 17.9 Å². The van der Waals surface area contributed by atoms with Crippen LogP contribution in [0.2, 0.25) is 0 Å². The summed E-state index contributed by atoms with van der Waals surface area (Å²) in [6.45, 7) is 15.1. The van der Waals surface area contributed by atoms with Crippen molar-refractivity contribution < 1.29 is 38.1 Å². The first kappa shape index (κ1) is 42.6. The number of ether oxygens (including phenoxy) is 2. The molecule has 1 unspecified atom stereocenters. The lowest BCUT2D eigenvalue weighted by Gasteiger charge is -2.35. The smallest absolute Gasteiger partial charge is 0.405 e. The van der Waals surface area contributed by atoms with Crippen molar-refractivity contribution in [1.29, 1.82) is 0 Å². The van der Waals surface area contributed by atoms with Gasteiger partial charge in [0.15, 0.2) is 5.13 Å². The summed E-state index contributed by atoms with van der Waals surface area (Å²) in [6, 6.07) is 10.4. The largest absolute Gasteiger partial charge is 0.497 e. The van der Waals surface area contributed by atoms with E-state index in [-0.39, 0.29) is 37.7 Å². The summed E-state index contributed by atoms with van der Waals surface area (Å²) in [5.74, 6) is -0.482. The van der Waals surface area contributed by atoms with E-state index in [1.807, 2.05) is 25.3 Å². The first-order valence-electron chi connectivity index (χ1n) is 19.3. The molecule has 1 saturated heterocycles. The number of carboxylic acid groups (broad SMARTS) is 1. The second kappa shape index (κ2) is 17.0. The molecule has 2 aliphatic rings. The second-order valence-corrected chi connectivity index (χ2v) is 19.6. The van der Waals surface area contributed by atoms with Gasteiger partial charge in [0.25, 0.3) is 0 Å². The van der Waals surface area contributed by atoms with Crippen LogP contribution in [0.3, 0.4) is 0 Å². The number of hydrogen-bond acceptors (Lipinski definition) is 12. The molecule has 6 atom stereocenters. The number of fused-ring (bicyclic) bond motifs is 1. The Morgan fingerprint density at radius 1 is 1.16 bits per heavy atom. The highest BCUT2D eigenvalue weighted by atomic mass is 32.1. The summed E-state index contributed by atoms with van der Waals surface area (Å²) < 4.78 is 33.2. The van der Waals surface area contributed by atoms with Gasteiger partial charge in [0, 0.05) is 47.5 Å². The maximum atomic E-state index is 14.9. The Hall–Kier alpha value is -5.05. The number of carbonyl (C=O) groups excluding carboxylic acids is 2. The molecule has 4 heterocycles. The molecular weight excluding hydrogens is 782 g/mol. The highest BCUT2D eigenvalue weighted by molar-refractivity contribution is 7.60. The van der Waals surface area contributed by atoms with Crippen molar-refractivity contribution in [2.24, 2.45) is 11.3 Å². The van der Waals surface area contributed by atoms with Gasteiger partial charge in [-0.25, -0.2) is 14.8 Å². The molecule has 6 rings (SSSR count). The third-order valence-electron chi connectivity index (χ3n) is 10.3. The van der Waals surface area contributed by atoms with Gasteiger partial charge >= 0.3 is 6.09 Å². The molecule has 3 amide bonds. The van der Waals surface area contributed by atoms with Crippen LogP contribution >= 0.6 is 18.7 Å². The standard InChI is InChI=1S/C41H52N7O8PS/c1-9-25-20-41(25,57(53,55-10-2)22-26-13-11-12-16-42-26)47-36(49)33-18-28(21-48(33)37(50)35(40(5,6)7)46-39(51)52)56-34-19-31(32-23-58-38(45-32)43-24(3)4)44-30-17-27(54-8)14-15-29(30)34/h9,11-17,19,23-25,28,33,35,46H,1,10,18,20-22H2,2-8H3,(H,43,45)(H,47,49)(H,51,52)/t25-,28-,33+,35-,41+,57?/m1/s1. The number of hydrogen-bond donors (Lipinski definition) is 4. The lowest BCUT2D eigenvalue weighted by atomic mass is 9.85. The van der Waals surface area contributed by atoms with Crippen LogP contribution in [0, 0.1) is 11.3 Å². The number of carbonyl (C=O) groups is 3. The topological polar surface area (TPSA) is 194 Å². The van der Waals surface area contributed by atoms with Crippen LogP contribution in [0.1, 0.15) is 60.1 Å². The molecule has 1 aliphatic carbocycles. The summed E-state index contributed by atoms with van der Waals surface area (Å²) in [7, 11) is -2.10. The monoisotopic (exact) mass is 833 g/mol. The number of likely N-dealkylation sites (tertiary alicyclic amines) is 1. The maximum absolute atomic E-state index is 14.9. The van der Waals surface area contributed by atoms with E-state index in [4.69, 9.17) is 24.0 Å². The van der Waals surface area contributed by atoms with Gasteiger partial charge in [-0.2, -0.15) is 0 Å².